The topological polar surface area (TPSA) is 88.4 Å². The Morgan fingerprint density at radius 1 is 1.00 bits per heavy atom. The third kappa shape index (κ3) is 5.53. The van der Waals surface area contributed by atoms with E-state index in [9.17, 15) is 15.3 Å². The zero-order chi connectivity index (χ0) is 25.2. The Bertz CT molecular complexity index is 1200. The number of aliphatic hydroxyl groups excluding tert-OH is 3. The molecular formula is C29H31ClO6. The summed E-state index contributed by atoms with van der Waals surface area (Å²) in [4.78, 5) is 0. The maximum Gasteiger partial charge on any atom is 0.137 e. The van der Waals surface area contributed by atoms with Crippen LogP contribution in [0.25, 0.3) is 0 Å². The SMILES string of the molecule is Cc1ccc2c(c1)OC(COc1ccc(Cc3cc([C@@H]4O[C@H](CO)C[C@H](O)[C@H]4O)ccc3Cl)cc1)C2. The molecule has 0 amide bonds. The number of fused-ring (bicyclic) bond motifs is 1. The molecule has 0 aromatic heterocycles. The maximum atomic E-state index is 10.5. The number of ether oxygens (including phenoxy) is 3. The lowest BCUT2D eigenvalue weighted by Gasteiger charge is -2.37. The van der Waals surface area contributed by atoms with Crippen molar-refractivity contribution in [3.63, 3.8) is 0 Å². The van der Waals surface area contributed by atoms with E-state index >= 15 is 0 Å². The van der Waals surface area contributed by atoms with Gasteiger partial charge in [0.05, 0.1) is 18.8 Å². The van der Waals surface area contributed by atoms with Gasteiger partial charge in [-0.15, -0.1) is 0 Å². The zero-order valence-corrected chi connectivity index (χ0v) is 20.9. The van der Waals surface area contributed by atoms with E-state index in [1.807, 2.05) is 30.3 Å². The van der Waals surface area contributed by atoms with Crippen molar-refractivity contribution >= 4 is 11.6 Å². The average Bonchev–Trinajstić information content (AvgIpc) is 3.28. The molecule has 6 nitrogen and oxygen atoms in total. The van der Waals surface area contributed by atoms with Crippen molar-refractivity contribution in [2.24, 2.45) is 0 Å². The van der Waals surface area contributed by atoms with E-state index in [-0.39, 0.29) is 19.1 Å². The first-order valence-electron chi connectivity index (χ1n) is 12.3. The fraction of sp³-hybridized carbons (Fsp3) is 0.379. The lowest BCUT2D eigenvalue weighted by Crippen LogP contribution is -2.44. The van der Waals surface area contributed by atoms with Gasteiger partial charge in [0.2, 0.25) is 0 Å². The summed E-state index contributed by atoms with van der Waals surface area (Å²) in [6, 6.07) is 19.6. The second-order valence-electron chi connectivity index (χ2n) is 9.69. The first-order chi connectivity index (χ1) is 17.4. The predicted octanol–water partition coefficient (Wildman–Crippen LogP) is 4.17. The second kappa shape index (κ2) is 10.8. The van der Waals surface area contributed by atoms with Gasteiger partial charge in [-0.1, -0.05) is 48.0 Å². The number of aryl methyl sites for hydroxylation is 1. The summed E-state index contributed by atoms with van der Waals surface area (Å²) in [5.41, 5.74) is 5.06. The van der Waals surface area contributed by atoms with Crippen molar-refractivity contribution in [3.05, 3.63) is 93.5 Å². The normalized spacial score (nSPS) is 25.3. The average molecular weight is 511 g/mol. The van der Waals surface area contributed by atoms with Crippen LogP contribution in [0, 0.1) is 6.92 Å². The van der Waals surface area contributed by atoms with E-state index in [1.165, 1.54) is 11.1 Å². The fourth-order valence-electron chi connectivity index (χ4n) is 4.87. The van der Waals surface area contributed by atoms with Gasteiger partial charge in [0.1, 0.15) is 36.4 Å². The van der Waals surface area contributed by atoms with Crippen molar-refractivity contribution in [1.29, 1.82) is 0 Å². The smallest absolute Gasteiger partial charge is 0.137 e. The van der Waals surface area contributed by atoms with E-state index in [4.69, 9.17) is 25.8 Å². The molecule has 2 aliphatic heterocycles. The van der Waals surface area contributed by atoms with E-state index in [0.29, 0.717) is 23.6 Å². The Labute approximate surface area is 216 Å². The van der Waals surface area contributed by atoms with Crippen LogP contribution in [0.4, 0.5) is 0 Å². The third-order valence-corrected chi connectivity index (χ3v) is 7.24. The molecule has 0 bridgehead atoms. The standard InChI is InChI=1S/C29H31ClO6/c1-17-2-5-19-13-24(35-27(19)10-17)16-34-22-7-3-18(4-8-22)11-21-12-20(6-9-25(21)30)29-28(33)26(32)14-23(15-31)36-29/h2-10,12,23-24,26,28-29,31-33H,11,13-16H2,1H3/t23-,24?,26-,28+,29-/m0/s1. The summed E-state index contributed by atoms with van der Waals surface area (Å²) in [5, 5.41) is 30.7. The fourth-order valence-corrected chi connectivity index (χ4v) is 5.05. The Balaban J connectivity index is 1.21. The van der Waals surface area contributed by atoms with Crippen molar-refractivity contribution in [2.75, 3.05) is 13.2 Å². The van der Waals surface area contributed by atoms with E-state index in [2.05, 4.69) is 25.1 Å². The zero-order valence-electron chi connectivity index (χ0n) is 20.1. The summed E-state index contributed by atoms with van der Waals surface area (Å²) < 4.78 is 17.8. The molecule has 3 N–H and O–H groups in total. The molecule has 1 saturated heterocycles. The number of aliphatic hydroxyl groups is 3. The molecule has 3 aromatic carbocycles. The predicted molar refractivity (Wildman–Crippen MR) is 137 cm³/mol. The Morgan fingerprint density at radius 3 is 2.58 bits per heavy atom. The largest absolute Gasteiger partial charge is 0.490 e. The van der Waals surface area contributed by atoms with Gasteiger partial charge in [-0.25, -0.2) is 0 Å². The molecule has 190 valence electrons. The Hall–Kier alpha value is -2.61. The molecule has 5 atom stereocenters. The van der Waals surface area contributed by atoms with Gasteiger partial charge in [-0.2, -0.15) is 0 Å². The molecule has 36 heavy (non-hydrogen) atoms. The molecule has 3 aromatic rings. The first kappa shape index (κ1) is 25.1. The quantitative estimate of drug-likeness (QED) is 0.442. The van der Waals surface area contributed by atoms with Crippen molar-refractivity contribution < 1.29 is 29.5 Å². The third-order valence-electron chi connectivity index (χ3n) is 6.87. The molecule has 2 aliphatic rings. The van der Waals surface area contributed by atoms with Crippen LogP contribution in [-0.2, 0) is 17.6 Å². The van der Waals surface area contributed by atoms with Gasteiger partial charge in [0.15, 0.2) is 0 Å². The molecule has 2 heterocycles. The van der Waals surface area contributed by atoms with E-state index in [0.717, 1.165) is 29.0 Å². The van der Waals surface area contributed by atoms with Gasteiger partial charge in [-0.05, 0) is 65.4 Å². The number of rotatable bonds is 7. The summed E-state index contributed by atoms with van der Waals surface area (Å²) in [6.07, 6.45) is -1.65. The van der Waals surface area contributed by atoms with Crippen LogP contribution in [0.1, 0.15) is 40.3 Å². The molecule has 0 aliphatic carbocycles. The highest BCUT2D eigenvalue weighted by molar-refractivity contribution is 6.31. The van der Waals surface area contributed by atoms with Crippen LogP contribution < -0.4 is 9.47 Å². The Morgan fingerprint density at radius 2 is 1.81 bits per heavy atom. The van der Waals surface area contributed by atoms with Crippen LogP contribution in [-0.4, -0.2) is 52.9 Å². The molecule has 0 spiro atoms. The van der Waals surface area contributed by atoms with Gasteiger partial charge >= 0.3 is 0 Å². The van der Waals surface area contributed by atoms with Crippen LogP contribution >= 0.6 is 11.6 Å². The lowest BCUT2D eigenvalue weighted by molar-refractivity contribution is -0.179. The van der Waals surface area contributed by atoms with Gasteiger partial charge < -0.3 is 29.5 Å². The van der Waals surface area contributed by atoms with E-state index < -0.39 is 24.4 Å². The highest BCUT2D eigenvalue weighted by atomic mass is 35.5. The summed E-state index contributed by atoms with van der Waals surface area (Å²) in [5.74, 6) is 1.72. The highest BCUT2D eigenvalue weighted by Gasteiger charge is 2.37. The molecule has 1 unspecified atom stereocenters. The van der Waals surface area contributed by atoms with E-state index in [1.54, 1.807) is 12.1 Å². The van der Waals surface area contributed by atoms with Crippen molar-refractivity contribution in [1.82, 2.24) is 0 Å². The molecule has 0 saturated carbocycles. The van der Waals surface area contributed by atoms with Crippen LogP contribution in [0.2, 0.25) is 5.02 Å². The minimum atomic E-state index is -1.07. The number of hydrogen-bond acceptors (Lipinski definition) is 6. The monoisotopic (exact) mass is 510 g/mol. The molecule has 7 heteroatoms. The van der Waals surface area contributed by atoms with Crippen LogP contribution in [0.15, 0.2) is 60.7 Å². The summed E-state index contributed by atoms with van der Waals surface area (Å²) in [7, 11) is 0. The number of halogens is 1. The van der Waals surface area contributed by atoms with Crippen molar-refractivity contribution in [3.8, 4) is 11.5 Å². The second-order valence-corrected chi connectivity index (χ2v) is 10.1. The maximum absolute atomic E-state index is 10.5. The Kier molecular flexibility index (Phi) is 7.51. The summed E-state index contributed by atoms with van der Waals surface area (Å²) >= 11 is 6.48. The number of hydrogen-bond donors (Lipinski definition) is 3. The van der Waals surface area contributed by atoms with Gasteiger partial charge in [0, 0.05) is 17.9 Å². The highest BCUT2D eigenvalue weighted by Crippen LogP contribution is 2.34. The summed E-state index contributed by atoms with van der Waals surface area (Å²) in [6.45, 7) is 2.32. The number of benzene rings is 3. The molecule has 1 fully saturated rings. The van der Waals surface area contributed by atoms with Gasteiger partial charge in [-0.3, -0.25) is 0 Å². The minimum absolute atomic E-state index is 0.00401. The molecular weight excluding hydrogens is 480 g/mol. The van der Waals surface area contributed by atoms with Crippen LogP contribution in [0.5, 0.6) is 11.5 Å². The van der Waals surface area contributed by atoms with Crippen LogP contribution in [0.3, 0.4) is 0 Å². The molecule has 5 rings (SSSR count). The lowest BCUT2D eigenvalue weighted by atomic mass is 9.91. The molecule has 0 radical (unpaired) electrons. The van der Waals surface area contributed by atoms with Gasteiger partial charge in [0.25, 0.3) is 0 Å². The first-order valence-corrected chi connectivity index (χ1v) is 12.7. The minimum Gasteiger partial charge on any atom is -0.490 e. The van der Waals surface area contributed by atoms with Crippen molar-refractivity contribution in [2.45, 2.75) is 56.7 Å².